The number of rotatable bonds is 11. The zero-order valence-corrected chi connectivity index (χ0v) is 35.6. The summed E-state index contributed by atoms with van der Waals surface area (Å²) in [5, 5.41) is 20.0. The van der Waals surface area contributed by atoms with Crippen molar-refractivity contribution in [1.29, 1.82) is 0 Å². The van der Waals surface area contributed by atoms with E-state index < -0.39 is 23.5 Å². The first-order valence-electron chi connectivity index (χ1n) is 21.1. The van der Waals surface area contributed by atoms with E-state index in [9.17, 15) is 14.4 Å². The minimum Gasteiger partial charge on any atom is -0.444 e. The summed E-state index contributed by atoms with van der Waals surface area (Å²) in [6.07, 6.45) is 17.3. The Kier molecular flexibility index (Phi) is 13.7. The number of carbonyl (C=O) groups is 3. The number of anilines is 6. The summed E-state index contributed by atoms with van der Waals surface area (Å²) in [6, 6.07) is 15.4. The van der Waals surface area contributed by atoms with Crippen LogP contribution in [-0.4, -0.2) is 77.6 Å². The molecule has 0 spiro atoms. The van der Waals surface area contributed by atoms with Crippen LogP contribution in [0, 0.1) is 0 Å². The fourth-order valence-corrected chi connectivity index (χ4v) is 7.66. The lowest BCUT2D eigenvalue weighted by atomic mass is 9.90. The van der Waals surface area contributed by atoms with Crippen molar-refractivity contribution in [2.75, 3.05) is 21.3 Å². The second-order valence-corrected chi connectivity index (χ2v) is 16.8. The van der Waals surface area contributed by atoms with E-state index in [2.05, 4.69) is 56.5 Å². The molecule has 63 heavy (non-hydrogen) atoms. The zero-order chi connectivity index (χ0) is 44.5. The third-order valence-electron chi connectivity index (χ3n) is 10.8. The van der Waals surface area contributed by atoms with Gasteiger partial charge in [-0.3, -0.25) is 19.6 Å². The number of benzene rings is 2. The van der Waals surface area contributed by atoms with Crippen LogP contribution in [0.2, 0.25) is 0 Å². The summed E-state index contributed by atoms with van der Waals surface area (Å²) in [5.41, 5.74) is 18.6. The number of ether oxygens (including phenoxy) is 1. The lowest BCUT2D eigenvalue weighted by Gasteiger charge is -2.33. The van der Waals surface area contributed by atoms with Crippen LogP contribution in [0.15, 0.2) is 85.7 Å². The Morgan fingerprint density at radius 1 is 0.619 bits per heavy atom. The SMILES string of the molecule is CC(C)(C)OC(=O)N[C@H]1CCCC[C@H]1Nc1ncc(C(N)=O)c(Nc2ccc3ccncc3c2)n1.NC(=O)c1cnc(N[C@@H]2CCCC[C@@H]2N)nc1Nc1ccc2ccncc2c1. The van der Waals surface area contributed by atoms with E-state index in [1.807, 2.05) is 69.3 Å². The second-order valence-electron chi connectivity index (χ2n) is 16.8. The third kappa shape index (κ3) is 11.8. The summed E-state index contributed by atoms with van der Waals surface area (Å²) >= 11 is 0. The van der Waals surface area contributed by atoms with Gasteiger partial charge in [-0.1, -0.05) is 37.8 Å². The van der Waals surface area contributed by atoms with Gasteiger partial charge in [0.05, 0.1) is 6.04 Å². The highest BCUT2D eigenvalue weighted by Crippen LogP contribution is 2.28. The molecule has 2 aromatic carbocycles. The molecule has 4 atom stereocenters. The van der Waals surface area contributed by atoms with Crippen molar-refractivity contribution in [3.8, 4) is 0 Å². The maximum Gasteiger partial charge on any atom is 0.407 e. The van der Waals surface area contributed by atoms with E-state index in [1.165, 1.54) is 12.4 Å². The molecule has 4 heterocycles. The molecule has 2 aliphatic rings. The molecule has 3 amide bonds. The zero-order valence-electron chi connectivity index (χ0n) is 35.6. The van der Waals surface area contributed by atoms with Gasteiger partial charge in [0.25, 0.3) is 11.8 Å². The number of nitrogens with two attached hydrogens (primary N) is 3. The van der Waals surface area contributed by atoms with Gasteiger partial charge >= 0.3 is 6.09 Å². The molecule has 0 bridgehead atoms. The number of hydrogen-bond donors (Lipinski definition) is 8. The molecule has 6 aromatic rings. The number of fused-ring (bicyclic) bond motifs is 2. The number of nitrogens with zero attached hydrogens (tertiary/aromatic N) is 6. The summed E-state index contributed by atoms with van der Waals surface area (Å²) < 4.78 is 5.42. The molecule has 18 nitrogen and oxygen atoms in total. The van der Waals surface area contributed by atoms with E-state index in [1.54, 1.807) is 24.8 Å². The summed E-state index contributed by atoms with van der Waals surface area (Å²) in [7, 11) is 0. The minimum atomic E-state index is -0.636. The highest BCUT2D eigenvalue weighted by Gasteiger charge is 2.29. The van der Waals surface area contributed by atoms with Crippen molar-refractivity contribution in [3.63, 3.8) is 0 Å². The Bertz CT molecular complexity index is 2580. The molecule has 2 saturated carbocycles. The van der Waals surface area contributed by atoms with Crippen LogP contribution in [0.4, 0.5) is 39.7 Å². The molecule has 11 N–H and O–H groups in total. The van der Waals surface area contributed by atoms with Crippen LogP contribution < -0.4 is 43.8 Å². The van der Waals surface area contributed by atoms with E-state index in [4.69, 9.17) is 21.9 Å². The Balaban J connectivity index is 0.000000193. The fraction of sp³-hybridized carbons (Fsp3) is 0.356. The second kappa shape index (κ2) is 19.7. The quantitative estimate of drug-likeness (QED) is 0.0676. The highest BCUT2D eigenvalue weighted by molar-refractivity contribution is 5.99. The van der Waals surface area contributed by atoms with Gasteiger partial charge in [-0.2, -0.15) is 9.97 Å². The molecular formula is C45H54N14O4. The van der Waals surface area contributed by atoms with Gasteiger partial charge in [-0.15, -0.1) is 0 Å². The molecule has 0 saturated heterocycles. The maximum absolute atomic E-state index is 12.3. The average molecular weight is 855 g/mol. The molecule has 18 heteroatoms. The predicted octanol–water partition coefficient (Wildman–Crippen LogP) is 6.66. The van der Waals surface area contributed by atoms with Crippen LogP contribution in [0.1, 0.15) is 92.9 Å². The number of pyridine rings is 2. The van der Waals surface area contributed by atoms with Crippen LogP contribution in [0.3, 0.4) is 0 Å². The molecule has 328 valence electrons. The molecular weight excluding hydrogens is 801 g/mol. The first-order valence-corrected chi connectivity index (χ1v) is 21.1. The van der Waals surface area contributed by atoms with Crippen molar-refractivity contribution in [2.24, 2.45) is 17.2 Å². The number of primary amides is 2. The van der Waals surface area contributed by atoms with Crippen LogP contribution in [0.5, 0.6) is 0 Å². The van der Waals surface area contributed by atoms with E-state index in [-0.39, 0.29) is 35.3 Å². The Hall–Kier alpha value is -7.21. The Labute approximate surface area is 365 Å². The lowest BCUT2D eigenvalue weighted by Crippen LogP contribution is -2.50. The van der Waals surface area contributed by atoms with E-state index >= 15 is 0 Å². The third-order valence-corrected chi connectivity index (χ3v) is 10.8. The van der Waals surface area contributed by atoms with Crippen molar-refractivity contribution in [3.05, 3.63) is 96.8 Å². The van der Waals surface area contributed by atoms with Crippen LogP contribution in [0.25, 0.3) is 21.5 Å². The lowest BCUT2D eigenvalue weighted by molar-refractivity contribution is 0.0488. The van der Waals surface area contributed by atoms with Crippen molar-refractivity contribution < 1.29 is 19.1 Å². The first kappa shape index (κ1) is 43.9. The standard InChI is InChI=1S/C25H31N7O3.C20H23N7O/c1-25(2,3)35-24(34)31-20-7-5-4-6-19(20)30-23-28-14-18(21(26)33)22(32-23)29-17-9-8-15-10-11-27-13-16(15)12-17;21-16-3-1-2-4-17(16)26-20-24-11-15(18(22)28)19(27-20)25-14-6-5-12-7-8-23-10-13(12)9-14/h8-14,19-20H,4-7H2,1-3H3,(H2,26,33)(H,31,34)(H2,28,29,30,32);5-11,16-17H,1-4,21H2,(H2,22,28)(H2,24,25,26,27)/t19-,20+;16-,17+/m10/s1. The molecule has 8 rings (SSSR count). The maximum atomic E-state index is 12.3. The normalized spacial score (nSPS) is 18.6. The Morgan fingerprint density at radius 3 is 1.59 bits per heavy atom. The predicted molar refractivity (Wildman–Crippen MR) is 244 cm³/mol. The number of aromatic nitrogens is 6. The number of hydrogen-bond acceptors (Lipinski definition) is 15. The van der Waals surface area contributed by atoms with E-state index in [0.717, 1.165) is 84.3 Å². The van der Waals surface area contributed by atoms with Gasteiger partial charge in [0.15, 0.2) is 0 Å². The van der Waals surface area contributed by atoms with Crippen molar-refractivity contribution >= 4 is 74.4 Å². The number of carbonyl (C=O) groups excluding carboxylic acids is 3. The van der Waals surface area contributed by atoms with Gasteiger partial charge in [-0.05, 0) is 93.6 Å². The van der Waals surface area contributed by atoms with Gasteiger partial charge in [0.2, 0.25) is 11.9 Å². The van der Waals surface area contributed by atoms with Crippen molar-refractivity contribution in [1.82, 2.24) is 35.2 Å². The molecule has 0 aliphatic heterocycles. The topological polar surface area (TPSA) is 276 Å². The average Bonchev–Trinajstić information content (AvgIpc) is 3.25. The molecule has 0 radical (unpaired) electrons. The van der Waals surface area contributed by atoms with Crippen LogP contribution in [-0.2, 0) is 4.74 Å². The van der Waals surface area contributed by atoms with Gasteiger partial charge in [0.1, 0.15) is 28.4 Å². The van der Waals surface area contributed by atoms with Gasteiger partial charge < -0.3 is 48.5 Å². The molecule has 2 aliphatic carbocycles. The summed E-state index contributed by atoms with van der Waals surface area (Å²) in [5.74, 6) is 0.193. The van der Waals surface area contributed by atoms with E-state index in [0.29, 0.717) is 23.5 Å². The highest BCUT2D eigenvalue weighted by atomic mass is 16.6. The number of nitrogens with one attached hydrogen (secondary N) is 5. The number of alkyl carbamates (subject to hydrolysis) is 1. The van der Waals surface area contributed by atoms with Gasteiger partial charge in [0, 0.05) is 77.5 Å². The fourth-order valence-electron chi connectivity index (χ4n) is 7.66. The summed E-state index contributed by atoms with van der Waals surface area (Å²) in [4.78, 5) is 62.1. The largest absolute Gasteiger partial charge is 0.444 e. The monoisotopic (exact) mass is 854 g/mol. The number of amides is 3. The minimum absolute atomic E-state index is 0.0672. The van der Waals surface area contributed by atoms with Gasteiger partial charge in [-0.25, -0.2) is 14.8 Å². The Morgan fingerprint density at radius 2 is 1.10 bits per heavy atom. The molecule has 4 aromatic heterocycles. The van der Waals surface area contributed by atoms with Crippen molar-refractivity contribution in [2.45, 2.75) is 102 Å². The molecule has 0 unspecified atom stereocenters. The smallest absolute Gasteiger partial charge is 0.407 e. The first-order chi connectivity index (χ1) is 30.3. The molecule has 2 fully saturated rings. The summed E-state index contributed by atoms with van der Waals surface area (Å²) in [6.45, 7) is 5.49. The van der Waals surface area contributed by atoms with Crippen LogP contribution >= 0.6 is 0 Å².